The molecular weight excluding hydrogens is 200 g/mol. The second kappa shape index (κ2) is 4.85. The molecule has 0 spiro atoms. The van der Waals surface area contributed by atoms with Crippen LogP contribution in [0.15, 0.2) is 24.3 Å². The average molecular weight is 220 g/mol. The molecule has 1 aliphatic heterocycles. The standard InChI is InChI=1S/C13H20N2O/c1-10-13(14-8-9-15(10)2)11-4-6-12(16-3)7-5-11/h4-7,10,13-14H,8-9H2,1-3H3. The number of likely N-dealkylation sites (N-methyl/N-ethyl adjacent to an activating group) is 1. The minimum atomic E-state index is 0.421. The van der Waals surface area contributed by atoms with Crippen LogP contribution in [-0.2, 0) is 0 Å². The molecule has 1 saturated heterocycles. The molecule has 0 radical (unpaired) electrons. The van der Waals surface area contributed by atoms with E-state index in [2.05, 4.69) is 36.3 Å². The number of nitrogens with zero attached hydrogens (tertiary/aromatic N) is 1. The summed E-state index contributed by atoms with van der Waals surface area (Å²) in [7, 11) is 3.88. The molecule has 1 aromatic rings. The van der Waals surface area contributed by atoms with Crippen LogP contribution in [0.1, 0.15) is 18.5 Å². The Hall–Kier alpha value is -1.06. The van der Waals surface area contributed by atoms with Crippen molar-refractivity contribution in [2.75, 3.05) is 27.2 Å². The predicted molar refractivity (Wildman–Crippen MR) is 65.8 cm³/mol. The van der Waals surface area contributed by atoms with Crippen LogP contribution >= 0.6 is 0 Å². The molecule has 0 amide bonds. The number of piperazine rings is 1. The van der Waals surface area contributed by atoms with Crippen LogP contribution in [0.3, 0.4) is 0 Å². The monoisotopic (exact) mass is 220 g/mol. The first-order chi connectivity index (χ1) is 7.72. The maximum atomic E-state index is 5.17. The average Bonchev–Trinajstić information content (AvgIpc) is 2.33. The molecule has 1 aliphatic rings. The Morgan fingerprint density at radius 3 is 2.62 bits per heavy atom. The van der Waals surface area contributed by atoms with E-state index in [-0.39, 0.29) is 0 Å². The summed E-state index contributed by atoms with van der Waals surface area (Å²) >= 11 is 0. The minimum Gasteiger partial charge on any atom is -0.497 e. The third kappa shape index (κ3) is 2.20. The van der Waals surface area contributed by atoms with E-state index in [1.165, 1.54) is 5.56 Å². The first kappa shape index (κ1) is 11.4. The lowest BCUT2D eigenvalue weighted by molar-refractivity contribution is 0.164. The summed E-state index contributed by atoms with van der Waals surface area (Å²) in [6.45, 7) is 4.44. The van der Waals surface area contributed by atoms with Gasteiger partial charge in [-0.25, -0.2) is 0 Å². The second-order valence-electron chi connectivity index (χ2n) is 4.43. The van der Waals surface area contributed by atoms with E-state index in [1.54, 1.807) is 7.11 Å². The van der Waals surface area contributed by atoms with Crippen LogP contribution in [0.4, 0.5) is 0 Å². The van der Waals surface area contributed by atoms with Gasteiger partial charge in [0.2, 0.25) is 0 Å². The van der Waals surface area contributed by atoms with Crippen molar-refractivity contribution in [1.82, 2.24) is 10.2 Å². The number of rotatable bonds is 2. The molecule has 1 heterocycles. The molecule has 1 N–H and O–H groups in total. The van der Waals surface area contributed by atoms with E-state index in [9.17, 15) is 0 Å². The molecule has 2 atom stereocenters. The van der Waals surface area contributed by atoms with Gasteiger partial charge >= 0.3 is 0 Å². The summed E-state index contributed by atoms with van der Waals surface area (Å²) in [5.74, 6) is 0.917. The number of nitrogens with one attached hydrogen (secondary N) is 1. The fourth-order valence-corrected chi connectivity index (χ4v) is 2.23. The van der Waals surface area contributed by atoms with Gasteiger partial charge in [-0.05, 0) is 31.7 Å². The number of benzene rings is 1. The van der Waals surface area contributed by atoms with Crippen LogP contribution in [0, 0.1) is 0 Å². The van der Waals surface area contributed by atoms with E-state index >= 15 is 0 Å². The maximum absolute atomic E-state index is 5.17. The molecule has 3 nitrogen and oxygen atoms in total. The van der Waals surface area contributed by atoms with Crippen molar-refractivity contribution in [3.63, 3.8) is 0 Å². The Bertz CT molecular complexity index is 336. The van der Waals surface area contributed by atoms with E-state index in [4.69, 9.17) is 4.74 Å². The van der Waals surface area contributed by atoms with Crippen LogP contribution in [0.2, 0.25) is 0 Å². The number of ether oxygens (including phenoxy) is 1. The van der Waals surface area contributed by atoms with E-state index in [0.29, 0.717) is 12.1 Å². The largest absolute Gasteiger partial charge is 0.497 e. The molecule has 0 aliphatic carbocycles. The second-order valence-corrected chi connectivity index (χ2v) is 4.43. The van der Waals surface area contributed by atoms with Crippen LogP contribution in [0.5, 0.6) is 5.75 Å². The van der Waals surface area contributed by atoms with Crippen molar-refractivity contribution in [2.45, 2.75) is 19.0 Å². The van der Waals surface area contributed by atoms with Crippen LogP contribution in [-0.4, -0.2) is 38.2 Å². The number of hydrogen-bond acceptors (Lipinski definition) is 3. The van der Waals surface area contributed by atoms with E-state index in [0.717, 1.165) is 18.8 Å². The van der Waals surface area contributed by atoms with Gasteiger partial charge in [0.05, 0.1) is 7.11 Å². The van der Waals surface area contributed by atoms with Crippen molar-refractivity contribution in [3.8, 4) is 5.75 Å². The Morgan fingerprint density at radius 2 is 2.00 bits per heavy atom. The molecule has 3 heteroatoms. The fourth-order valence-electron chi connectivity index (χ4n) is 2.23. The molecule has 0 saturated carbocycles. The lowest BCUT2D eigenvalue weighted by Gasteiger charge is -2.38. The molecule has 2 unspecified atom stereocenters. The van der Waals surface area contributed by atoms with Gasteiger partial charge in [0.1, 0.15) is 5.75 Å². The van der Waals surface area contributed by atoms with Crippen molar-refractivity contribution >= 4 is 0 Å². The van der Waals surface area contributed by atoms with Crippen LogP contribution < -0.4 is 10.1 Å². The summed E-state index contributed by atoms with van der Waals surface area (Å²) in [6.07, 6.45) is 0. The van der Waals surface area contributed by atoms with Gasteiger partial charge in [-0.3, -0.25) is 0 Å². The first-order valence-electron chi connectivity index (χ1n) is 5.80. The lowest BCUT2D eigenvalue weighted by Crippen LogP contribution is -2.49. The number of methoxy groups -OCH3 is 1. The zero-order valence-electron chi connectivity index (χ0n) is 10.2. The van der Waals surface area contributed by atoms with Crippen molar-refractivity contribution in [2.24, 2.45) is 0 Å². The van der Waals surface area contributed by atoms with Gasteiger partial charge in [0.25, 0.3) is 0 Å². The van der Waals surface area contributed by atoms with Gasteiger partial charge in [0, 0.05) is 25.2 Å². The topological polar surface area (TPSA) is 24.5 Å². The quantitative estimate of drug-likeness (QED) is 0.820. The lowest BCUT2D eigenvalue weighted by atomic mass is 9.97. The van der Waals surface area contributed by atoms with Gasteiger partial charge < -0.3 is 15.0 Å². The highest BCUT2D eigenvalue weighted by atomic mass is 16.5. The van der Waals surface area contributed by atoms with Gasteiger partial charge in [-0.1, -0.05) is 12.1 Å². The zero-order chi connectivity index (χ0) is 11.5. The van der Waals surface area contributed by atoms with Crippen molar-refractivity contribution in [1.29, 1.82) is 0 Å². The maximum Gasteiger partial charge on any atom is 0.118 e. The van der Waals surface area contributed by atoms with Crippen LogP contribution in [0.25, 0.3) is 0 Å². The zero-order valence-corrected chi connectivity index (χ0v) is 10.2. The molecule has 16 heavy (non-hydrogen) atoms. The van der Waals surface area contributed by atoms with Gasteiger partial charge in [-0.2, -0.15) is 0 Å². The third-order valence-corrected chi connectivity index (χ3v) is 3.48. The third-order valence-electron chi connectivity index (χ3n) is 3.48. The van der Waals surface area contributed by atoms with E-state index in [1.807, 2.05) is 12.1 Å². The Balaban J connectivity index is 2.15. The fraction of sp³-hybridized carbons (Fsp3) is 0.538. The molecule has 1 fully saturated rings. The highest BCUT2D eigenvalue weighted by Gasteiger charge is 2.25. The van der Waals surface area contributed by atoms with Crippen molar-refractivity contribution < 1.29 is 4.74 Å². The minimum absolute atomic E-state index is 0.421. The molecule has 1 aromatic carbocycles. The summed E-state index contributed by atoms with van der Waals surface area (Å²) in [4.78, 5) is 2.39. The summed E-state index contributed by atoms with van der Waals surface area (Å²) in [6, 6.07) is 9.29. The van der Waals surface area contributed by atoms with Gasteiger partial charge in [-0.15, -0.1) is 0 Å². The summed E-state index contributed by atoms with van der Waals surface area (Å²) < 4.78 is 5.17. The molecule has 2 rings (SSSR count). The highest BCUT2D eigenvalue weighted by Crippen LogP contribution is 2.24. The smallest absolute Gasteiger partial charge is 0.118 e. The first-order valence-corrected chi connectivity index (χ1v) is 5.80. The normalized spacial score (nSPS) is 26.7. The van der Waals surface area contributed by atoms with E-state index < -0.39 is 0 Å². The summed E-state index contributed by atoms with van der Waals surface area (Å²) in [5, 5.41) is 3.57. The Morgan fingerprint density at radius 1 is 1.31 bits per heavy atom. The Kier molecular flexibility index (Phi) is 3.46. The summed E-state index contributed by atoms with van der Waals surface area (Å²) in [5.41, 5.74) is 1.33. The van der Waals surface area contributed by atoms with Crippen molar-refractivity contribution in [3.05, 3.63) is 29.8 Å². The SMILES string of the molecule is COc1ccc(C2NCCN(C)C2C)cc1. The Labute approximate surface area is 97.4 Å². The molecule has 0 bridgehead atoms. The molecule has 0 aromatic heterocycles. The predicted octanol–water partition coefficient (Wildman–Crippen LogP) is 1.66. The molecule has 88 valence electrons. The molecular formula is C13H20N2O. The number of hydrogen-bond donors (Lipinski definition) is 1. The van der Waals surface area contributed by atoms with Gasteiger partial charge in [0.15, 0.2) is 0 Å². The highest BCUT2D eigenvalue weighted by molar-refractivity contribution is 5.30.